The van der Waals surface area contributed by atoms with E-state index in [1.807, 2.05) is 36.4 Å². The largest absolute Gasteiger partial charge is 0.508 e. The van der Waals surface area contributed by atoms with Crippen LogP contribution in [0, 0.1) is 6.92 Å². The third kappa shape index (κ3) is 4.94. The molecule has 4 heteroatoms. The van der Waals surface area contributed by atoms with Crippen LogP contribution in [-0.4, -0.2) is 18.1 Å². The number of carbonyl (C=O) groups is 1. The van der Waals surface area contributed by atoms with Crippen molar-refractivity contribution in [3.8, 4) is 16.9 Å². The second-order valence-corrected chi connectivity index (χ2v) is 5.97. The highest BCUT2D eigenvalue weighted by atomic mass is 16.5. The highest BCUT2D eigenvalue weighted by molar-refractivity contribution is 5.98. The average molecular weight is 339 g/mol. The van der Waals surface area contributed by atoms with Gasteiger partial charge in [-0.05, 0) is 48.2 Å². The molecule has 132 valence electrons. The number of phenols is 1. The number of carbonyl (C=O) groups excluding carboxylic acids is 1. The van der Waals surface area contributed by atoms with Crippen molar-refractivity contribution < 1.29 is 14.6 Å². The smallest absolute Gasteiger partial charge is 0.255 e. The number of phenolic OH excluding ortho intramolecular Hbond substituents is 1. The minimum absolute atomic E-state index is 0.109. The van der Waals surface area contributed by atoms with Gasteiger partial charge in [0.2, 0.25) is 0 Å². The number of amides is 1. The Kier molecular flexibility index (Phi) is 6.78. The highest BCUT2D eigenvalue weighted by Crippen LogP contribution is 2.30. The first-order valence-corrected chi connectivity index (χ1v) is 8.44. The lowest BCUT2D eigenvalue weighted by atomic mass is 9.97. The number of rotatable bonds is 7. The Morgan fingerprint density at radius 2 is 2.04 bits per heavy atom. The van der Waals surface area contributed by atoms with Crippen LogP contribution in [0.1, 0.15) is 41.3 Å². The Balaban J connectivity index is 2.34. The lowest BCUT2D eigenvalue weighted by Crippen LogP contribution is -2.18. The summed E-state index contributed by atoms with van der Waals surface area (Å²) < 4.78 is 5.17. The van der Waals surface area contributed by atoms with Crippen LogP contribution in [0.5, 0.6) is 5.75 Å². The van der Waals surface area contributed by atoms with E-state index in [0.717, 1.165) is 29.5 Å². The molecule has 0 saturated carbocycles. The molecule has 0 saturated heterocycles. The number of benzene rings is 2. The summed E-state index contributed by atoms with van der Waals surface area (Å²) >= 11 is 0. The molecule has 0 aliphatic heterocycles. The van der Waals surface area contributed by atoms with Crippen LogP contribution in [-0.2, 0) is 11.3 Å². The number of methoxy groups -OCH3 is 1. The molecule has 0 heterocycles. The van der Waals surface area contributed by atoms with E-state index in [4.69, 9.17) is 4.74 Å². The second-order valence-electron chi connectivity index (χ2n) is 5.97. The van der Waals surface area contributed by atoms with Crippen molar-refractivity contribution in [2.24, 2.45) is 0 Å². The fraction of sp³-hybridized carbons (Fsp3) is 0.286. The minimum Gasteiger partial charge on any atom is -0.508 e. The average Bonchev–Trinajstić information content (AvgIpc) is 2.61. The van der Waals surface area contributed by atoms with Crippen molar-refractivity contribution in [3.05, 3.63) is 65.4 Å². The van der Waals surface area contributed by atoms with Crippen molar-refractivity contribution in [1.82, 2.24) is 5.32 Å². The van der Waals surface area contributed by atoms with Crippen molar-refractivity contribution >= 4 is 5.91 Å². The van der Waals surface area contributed by atoms with Crippen LogP contribution in [0.3, 0.4) is 0 Å². The van der Waals surface area contributed by atoms with Crippen molar-refractivity contribution in [3.63, 3.8) is 0 Å². The van der Waals surface area contributed by atoms with Crippen LogP contribution in [0.2, 0.25) is 0 Å². The summed E-state index contributed by atoms with van der Waals surface area (Å²) in [6.45, 7) is 4.34. The molecule has 0 aliphatic carbocycles. The molecule has 1 amide bonds. The van der Waals surface area contributed by atoms with Gasteiger partial charge in [0.15, 0.2) is 0 Å². The summed E-state index contributed by atoms with van der Waals surface area (Å²) in [6.07, 6.45) is 5.52. The topological polar surface area (TPSA) is 58.6 Å². The number of unbranched alkanes of at least 4 members (excludes halogenated alkanes) is 1. The number of nitrogens with one attached hydrogen (secondary N) is 1. The zero-order chi connectivity index (χ0) is 18.2. The van der Waals surface area contributed by atoms with Crippen molar-refractivity contribution in [2.75, 3.05) is 7.11 Å². The van der Waals surface area contributed by atoms with Gasteiger partial charge in [-0.3, -0.25) is 4.79 Å². The van der Waals surface area contributed by atoms with Gasteiger partial charge in [0.25, 0.3) is 5.91 Å². The van der Waals surface area contributed by atoms with Gasteiger partial charge in [-0.1, -0.05) is 37.6 Å². The number of hydrogen-bond donors (Lipinski definition) is 2. The van der Waals surface area contributed by atoms with Crippen molar-refractivity contribution in [2.45, 2.75) is 33.3 Å². The Labute approximate surface area is 149 Å². The van der Waals surface area contributed by atoms with Gasteiger partial charge >= 0.3 is 0 Å². The molecule has 2 N–H and O–H groups in total. The summed E-state index contributed by atoms with van der Waals surface area (Å²) in [6, 6.07) is 11.4. The Morgan fingerprint density at radius 3 is 2.76 bits per heavy atom. The SMILES string of the molecule is CCCC=CNC(=O)c1cc(-c2cccc(COC)c2)cc(O)c1C. The van der Waals surface area contributed by atoms with E-state index >= 15 is 0 Å². The molecular weight excluding hydrogens is 314 g/mol. The summed E-state index contributed by atoms with van der Waals surface area (Å²) in [5, 5.41) is 13.0. The summed E-state index contributed by atoms with van der Waals surface area (Å²) in [5.41, 5.74) is 3.80. The Bertz CT molecular complexity index is 766. The third-order valence-electron chi connectivity index (χ3n) is 3.98. The van der Waals surface area contributed by atoms with E-state index in [9.17, 15) is 9.90 Å². The van der Waals surface area contributed by atoms with Gasteiger partial charge in [0.05, 0.1) is 6.61 Å². The third-order valence-corrected chi connectivity index (χ3v) is 3.98. The van der Waals surface area contributed by atoms with E-state index in [1.165, 1.54) is 0 Å². The number of allylic oxidation sites excluding steroid dienone is 1. The monoisotopic (exact) mass is 339 g/mol. The van der Waals surface area contributed by atoms with E-state index in [0.29, 0.717) is 17.7 Å². The van der Waals surface area contributed by atoms with E-state index < -0.39 is 0 Å². The quantitative estimate of drug-likeness (QED) is 0.777. The predicted molar refractivity (Wildman–Crippen MR) is 101 cm³/mol. The standard InChI is InChI=1S/C21H25NO3/c1-4-5-6-10-22-21(24)19-12-18(13-20(23)15(19)2)17-9-7-8-16(11-17)14-25-3/h6-13,23H,4-5,14H2,1-3H3,(H,22,24). The van der Waals surface area contributed by atoms with Gasteiger partial charge in [-0.25, -0.2) is 0 Å². The first-order chi connectivity index (χ1) is 12.1. The molecule has 2 aromatic carbocycles. The maximum Gasteiger partial charge on any atom is 0.255 e. The zero-order valence-electron chi connectivity index (χ0n) is 15.0. The zero-order valence-corrected chi connectivity index (χ0v) is 15.0. The molecule has 0 unspecified atom stereocenters. The Hall–Kier alpha value is -2.59. The summed E-state index contributed by atoms with van der Waals surface area (Å²) in [4.78, 5) is 12.4. The van der Waals surface area contributed by atoms with Crippen LogP contribution in [0.4, 0.5) is 0 Å². The minimum atomic E-state index is -0.227. The van der Waals surface area contributed by atoms with Crippen molar-refractivity contribution in [1.29, 1.82) is 0 Å². The fourth-order valence-corrected chi connectivity index (χ4v) is 2.57. The van der Waals surface area contributed by atoms with E-state index in [2.05, 4.69) is 12.2 Å². The molecule has 0 aromatic heterocycles. The first kappa shape index (κ1) is 18.7. The van der Waals surface area contributed by atoms with Crippen LogP contribution >= 0.6 is 0 Å². The number of aromatic hydroxyl groups is 1. The molecule has 2 aromatic rings. The van der Waals surface area contributed by atoms with Crippen LogP contribution < -0.4 is 5.32 Å². The second kappa shape index (κ2) is 9.04. The maximum absolute atomic E-state index is 12.4. The first-order valence-electron chi connectivity index (χ1n) is 8.44. The fourth-order valence-electron chi connectivity index (χ4n) is 2.57. The molecule has 25 heavy (non-hydrogen) atoms. The number of ether oxygens (including phenoxy) is 1. The molecule has 4 nitrogen and oxygen atoms in total. The normalized spacial score (nSPS) is 11.0. The van der Waals surface area contributed by atoms with Gasteiger partial charge in [-0.2, -0.15) is 0 Å². The lowest BCUT2D eigenvalue weighted by molar-refractivity contribution is 0.0969. The van der Waals surface area contributed by atoms with Gasteiger partial charge in [0.1, 0.15) is 5.75 Å². The molecule has 2 rings (SSSR count). The molecular formula is C21H25NO3. The van der Waals surface area contributed by atoms with Crippen LogP contribution in [0.25, 0.3) is 11.1 Å². The van der Waals surface area contributed by atoms with Crippen LogP contribution in [0.15, 0.2) is 48.7 Å². The summed E-state index contributed by atoms with van der Waals surface area (Å²) in [7, 11) is 1.65. The summed E-state index contributed by atoms with van der Waals surface area (Å²) in [5.74, 6) is -0.118. The molecule has 0 fully saturated rings. The Morgan fingerprint density at radius 1 is 1.24 bits per heavy atom. The van der Waals surface area contributed by atoms with Gasteiger partial charge < -0.3 is 15.2 Å². The molecule has 0 spiro atoms. The highest BCUT2D eigenvalue weighted by Gasteiger charge is 2.14. The molecule has 0 bridgehead atoms. The molecule has 0 aliphatic rings. The van der Waals surface area contributed by atoms with E-state index in [-0.39, 0.29) is 11.7 Å². The maximum atomic E-state index is 12.4. The molecule has 0 radical (unpaired) electrons. The van der Waals surface area contributed by atoms with Gasteiger partial charge in [-0.15, -0.1) is 0 Å². The predicted octanol–water partition coefficient (Wildman–Crippen LogP) is 4.56. The number of hydrogen-bond acceptors (Lipinski definition) is 3. The van der Waals surface area contributed by atoms with E-state index in [1.54, 1.807) is 26.3 Å². The van der Waals surface area contributed by atoms with Gasteiger partial charge in [0, 0.05) is 24.4 Å². The lowest BCUT2D eigenvalue weighted by Gasteiger charge is -2.11. The molecule has 0 atom stereocenters.